The molecule has 1 aliphatic rings. The van der Waals surface area contributed by atoms with E-state index in [4.69, 9.17) is 9.47 Å². The van der Waals surface area contributed by atoms with Gasteiger partial charge in [-0.3, -0.25) is 9.59 Å². The summed E-state index contributed by atoms with van der Waals surface area (Å²) in [7, 11) is 1.39. The average Bonchev–Trinajstić information content (AvgIpc) is 3.06. The SMILES string of the molecule is CN(C(=O)COc1ccccc1N(CCC1CCCCC1)C(=O)CNC(=O)Nc1cccc(C(=O)OC(C)(C)C)c1)c1cc(F)cc(F)c1. The number of carbonyl (C=O) groups is 4. The number of halogens is 2. The maximum absolute atomic E-state index is 13.7. The van der Waals surface area contributed by atoms with Gasteiger partial charge in [-0.2, -0.15) is 0 Å². The van der Waals surface area contributed by atoms with Crippen LogP contribution in [0.15, 0.2) is 66.7 Å². The van der Waals surface area contributed by atoms with Crippen LogP contribution in [0.3, 0.4) is 0 Å². The van der Waals surface area contributed by atoms with Gasteiger partial charge in [0.1, 0.15) is 23.0 Å². The van der Waals surface area contributed by atoms with Crippen molar-refractivity contribution < 1.29 is 37.4 Å². The zero-order chi connectivity index (χ0) is 35.6. The van der Waals surface area contributed by atoms with E-state index in [1.165, 1.54) is 19.5 Å². The lowest BCUT2D eigenvalue weighted by molar-refractivity contribution is -0.120. The van der Waals surface area contributed by atoms with Gasteiger partial charge in [0.05, 0.1) is 17.8 Å². The number of hydrogen-bond donors (Lipinski definition) is 2. The van der Waals surface area contributed by atoms with E-state index in [0.717, 1.165) is 55.2 Å². The van der Waals surface area contributed by atoms with Crippen LogP contribution in [-0.2, 0) is 14.3 Å². The van der Waals surface area contributed by atoms with Crippen molar-refractivity contribution in [2.75, 3.05) is 41.9 Å². The molecule has 0 radical (unpaired) electrons. The largest absolute Gasteiger partial charge is 0.482 e. The van der Waals surface area contributed by atoms with Gasteiger partial charge in [-0.05, 0) is 75.6 Å². The van der Waals surface area contributed by atoms with Gasteiger partial charge >= 0.3 is 12.0 Å². The topological polar surface area (TPSA) is 117 Å². The zero-order valence-corrected chi connectivity index (χ0v) is 28.4. The number of benzene rings is 3. The van der Waals surface area contributed by atoms with Crippen LogP contribution >= 0.6 is 0 Å². The quantitative estimate of drug-likeness (QED) is 0.198. The Kier molecular flexibility index (Phi) is 12.7. The van der Waals surface area contributed by atoms with Gasteiger partial charge in [0, 0.05) is 31.0 Å². The van der Waals surface area contributed by atoms with E-state index in [1.54, 1.807) is 68.1 Å². The molecule has 4 rings (SSSR count). The van der Waals surface area contributed by atoms with Gasteiger partial charge in [-0.1, -0.05) is 50.3 Å². The van der Waals surface area contributed by atoms with Crippen molar-refractivity contribution in [3.05, 3.63) is 83.9 Å². The second-order valence-corrected chi connectivity index (χ2v) is 13.1. The third-order valence-electron chi connectivity index (χ3n) is 8.06. The second kappa shape index (κ2) is 16.9. The molecule has 10 nitrogen and oxygen atoms in total. The lowest BCUT2D eigenvalue weighted by Crippen LogP contribution is -2.42. The molecule has 12 heteroatoms. The number of hydrogen-bond acceptors (Lipinski definition) is 6. The van der Waals surface area contributed by atoms with Gasteiger partial charge in [0.25, 0.3) is 5.91 Å². The summed E-state index contributed by atoms with van der Waals surface area (Å²) in [5, 5.41) is 5.25. The fraction of sp³-hybridized carbons (Fsp3) is 0.405. The van der Waals surface area contributed by atoms with Crippen molar-refractivity contribution in [2.24, 2.45) is 5.92 Å². The van der Waals surface area contributed by atoms with Crippen molar-refractivity contribution in [3.8, 4) is 5.75 Å². The number of anilines is 3. The number of nitrogens with one attached hydrogen (secondary N) is 2. The molecule has 3 aromatic rings. The Hall–Kier alpha value is -5.00. The Morgan fingerprint density at radius 2 is 1.57 bits per heavy atom. The van der Waals surface area contributed by atoms with Gasteiger partial charge in [-0.25, -0.2) is 18.4 Å². The van der Waals surface area contributed by atoms with Gasteiger partial charge in [-0.15, -0.1) is 0 Å². The van der Waals surface area contributed by atoms with Gasteiger partial charge in [0.15, 0.2) is 6.61 Å². The Labute approximate surface area is 285 Å². The normalized spacial score (nSPS) is 13.3. The molecule has 1 fully saturated rings. The third-order valence-corrected chi connectivity index (χ3v) is 8.06. The van der Waals surface area contributed by atoms with Crippen LogP contribution in [0, 0.1) is 17.6 Å². The van der Waals surface area contributed by atoms with Crippen molar-refractivity contribution in [3.63, 3.8) is 0 Å². The van der Waals surface area contributed by atoms with Crippen molar-refractivity contribution in [2.45, 2.75) is 64.9 Å². The van der Waals surface area contributed by atoms with Crippen LogP contribution in [0.5, 0.6) is 5.75 Å². The highest BCUT2D eigenvalue weighted by Gasteiger charge is 2.24. The molecule has 1 saturated carbocycles. The Morgan fingerprint density at radius 1 is 0.878 bits per heavy atom. The first-order chi connectivity index (χ1) is 23.3. The highest BCUT2D eigenvalue weighted by atomic mass is 19.1. The summed E-state index contributed by atoms with van der Waals surface area (Å²) in [6, 6.07) is 15.2. The molecular weight excluding hydrogens is 634 g/mol. The predicted octanol–water partition coefficient (Wildman–Crippen LogP) is 7.09. The van der Waals surface area contributed by atoms with Crippen LogP contribution in [-0.4, -0.2) is 56.2 Å². The van der Waals surface area contributed by atoms with E-state index in [1.807, 2.05) is 0 Å². The van der Waals surface area contributed by atoms with Crippen LogP contribution in [0.2, 0.25) is 0 Å². The molecule has 0 heterocycles. The fourth-order valence-electron chi connectivity index (χ4n) is 5.57. The molecule has 4 amide bonds. The number of amides is 4. The summed E-state index contributed by atoms with van der Waals surface area (Å²) >= 11 is 0. The average molecular weight is 679 g/mol. The van der Waals surface area contributed by atoms with Crippen LogP contribution in [0.4, 0.5) is 30.6 Å². The monoisotopic (exact) mass is 678 g/mol. The Bertz CT molecular complexity index is 1620. The summed E-state index contributed by atoms with van der Waals surface area (Å²) in [6.45, 7) is 4.84. The standard InChI is InChI=1S/C37H44F2N4O6/c1-37(2,3)49-35(46)26-13-10-14-29(19-26)41-36(47)40-23-33(44)43(18-17-25-11-6-5-7-12-25)31-15-8-9-16-32(31)48-24-34(45)42(4)30-21-27(38)20-28(39)22-30/h8-10,13-16,19-22,25H,5-7,11-12,17-18,23-24H2,1-4H3,(H2,40,41,47). The number of esters is 1. The summed E-state index contributed by atoms with van der Waals surface area (Å²) in [5.41, 5.74) is 0.381. The summed E-state index contributed by atoms with van der Waals surface area (Å²) < 4.78 is 38.8. The Balaban J connectivity index is 1.44. The molecule has 49 heavy (non-hydrogen) atoms. The van der Waals surface area contributed by atoms with Crippen LogP contribution in [0.25, 0.3) is 0 Å². The minimum absolute atomic E-state index is 0.0320. The molecule has 0 aromatic heterocycles. The zero-order valence-electron chi connectivity index (χ0n) is 28.4. The smallest absolute Gasteiger partial charge is 0.338 e. The molecule has 262 valence electrons. The van der Waals surface area contributed by atoms with Gasteiger partial charge in [0.2, 0.25) is 5.91 Å². The number of rotatable bonds is 12. The van der Waals surface area contributed by atoms with E-state index in [0.29, 0.717) is 23.8 Å². The first kappa shape index (κ1) is 36.8. The molecule has 0 unspecified atom stereocenters. The van der Waals surface area contributed by atoms with Crippen molar-refractivity contribution >= 4 is 40.9 Å². The molecular formula is C37H44F2N4O6. The maximum Gasteiger partial charge on any atom is 0.338 e. The van der Waals surface area contributed by atoms with Crippen LogP contribution in [0.1, 0.15) is 69.7 Å². The number of ether oxygens (including phenoxy) is 2. The van der Waals surface area contributed by atoms with E-state index in [2.05, 4.69) is 10.6 Å². The fourth-order valence-corrected chi connectivity index (χ4v) is 5.57. The molecule has 1 aliphatic carbocycles. The number of para-hydroxylation sites is 2. The van der Waals surface area contributed by atoms with E-state index >= 15 is 0 Å². The van der Waals surface area contributed by atoms with Crippen molar-refractivity contribution in [1.82, 2.24) is 5.32 Å². The summed E-state index contributed by atoms with van der Waals surface area (Å²) in [6.07, 6.45) is 6.37. The number of nitrogens with zero attached hydrogens (tertiary/aromatic N) is 2. The van der Waals surface area contributed by atoms with Crippen LogP contribution < -0.4 is 25.2 Å². The summed E-state index contributed by atoms with van der Waals surface area (Å²) in [5.74, 6) is -2.41. The van der Waals surface area contributed by atoms with E-state index < -0.39 is 47.7 Å². The van der Waals surface area contributed by atoms with E-state index in [9.17, 15) is 28.0 Å². The molecule has 2 N–H and O–H groups in total. The van der Waals surface area contributed by atoms with Crippen molar-refractivity contribution in [1.29, 1.82) is 0 Å². The second-order valence-electron chi connectivity index (χ2n) is 13.1. The highest BCUT2D eigenvalue weighted by molar-refractivity contribution is 6.00. The minimum Gasteiger partial charge on any atom is -0.482 e. The summed E-state index contributed by atoms with van der Waals surface area (Å²) in [4.78, 5) is 54.6. The maximum atomic E-state index is 13.7. The molecule has 0 aliphatic heterocycles. The first-order valence-electron chi connectivity index (χ1n) is 16.4. The molecule has 0 saturated heterocycles. The number of carbonyl (C=O) groups excluding carboxylic acids is 4. The predicted molar refractivity (Wildman–Crippen MR) is 184 cm³/mol. The van der Waals surface area contributed by atoms with E-state index in [-0.39, 0.29) is 23.5 Å². The third kappa shape index (κ3) is 11.3. The molecule has 0 spiro atoms. The lowest BCUT2D eigenvalue weighted by atomic mass is 9.87. The minimum atomic E-state index is -0.815. The highest BCUT2D eigenvalue weighted by Crippen LogP contribution is 2.31. The molecule has 0 bridgehead atoms. The van der Waals surface area contributed by atoms with Gasteiger partial charge < -0.3 is 29.9 Å². The lowest BCUT2D eigenvalue weighted by Gasteiger charge is -2.29. The number of urea groups is 1. The first-order valence-corrected chi connectivity index (χ1v) is 16.4. The number of likely N-dealkylation sites (N-methyl/N-ethyl adjacent to an activating group) is 1. The Morgan fingerprint density at radius 3 is 2.27 bits per heavy atom. The molecule has 0 atom stereocenters. The molecule has 3 aromatic carbocycles.